The van der Waals surface area contributed by atoms with Gasteiger partial charge in [-0.25, -0.2) is 4.98 Å². The third-order valence-electron chi connectivity index (χ3n) is 5.70. The van der Waals surface area contributed by atoms with Crippen molar-refractivity contribution in [2.24, 2.45) is 0 Å². The summed E-state index contributed by atoms with van der Waals surface area (Å²) in [5.41, 5.74) is 5.36. The van der Waals surface area contributed by atoms with Crippen molar-refractivity contribution < 1.29 is 9.53 Å². The summed E-state index contributed by atoms with van der Waals surface area (Å²) in [4.78, 5) is 17.2. The number of nitrogens with zero attached hydrogens (tertiary/aromatic N) is 4. The number of carbonyl (C=O) groups excluding carboxylic acids is 1. The molecule has 4 aromatic rings. The summed E-state index contributed by atoms with van der Waals surface area (Å²) >= 11 is 8.99. The summed E-state index contributed by atoms with van der Waals surface area (Å²) in [6.45, 7) is 12.3. The van der Waals surface area contributed by atoms with Gasteiger partial charge in [-0.3, -0.25) is 9.36 Å². The van der Waals surface area contributed by atoms with Gasteiger partial charge in [-0.1, -0.05) is 47.6 Å². The Hall–Kier alpha value is -3.14. The maximum absolute atomic E-state index is 12.7. The van der Waals surface area contributed by atoms with E-state index in [2.05, 4.69) is 53.1 Å². The van der Waals surface area contributed by atoms with Crippen molar-refractivity contribution in [3.63, 3.8) is 0 Å². The molecule has 1 unspecified atom stereocenters. The van der Waals surface area contributed by atoms with Gasteiger partial charge in [0.25, 0.3) is 0 Å². The van der Waals surface area contributed by atoms with Gasteiger partial charge in [0, 0.05) is 17.5 Å². The predicted molar refractivity (Wildman–Crippen MR) is 152 cm³/mol. The minimum atomic E-state index is -0.408. The number of hydrogen-bond donors (Lipinski definition) is 1. The van der Waals surface area contributed by atoms with Crippen molar-refractivity contribution in [1.29, 1.82) is 0 Å². The fourth-order valence-electron chi connectivity index (χ4n) is 3.60. The predicted octanol–water partition coefficient (Wildman–Crippen LogP) is 7.04. The van der Waals surface area contributed by atoms with Gasteiger partial charge in [0.05, 0.1) is 16.5 Å². The van der Waals surface area contributed by atoms with Crippen molar-refractivity contribution >= 4 is 45.7 Å². The van der Waals surface area contributed by atoms with E-state index in [1.54, 1.807) is 12.1 Å². The van der Waals surface area contributed by atoms with Crippen LogP contribution in [0.25, 0.3) is 11.3 Å². The number of ether oxygens (including phenoxy) is 1. The molecular formula is C27H28ClN5O2S2. The first-order chi connectivity index (χ1) is 17.7. The molecule has 7 nitrogen and oxygen atoms in total. The molecule has 192 valence electrons. The molecule has 0 saturated carbocycles. The number of thiazole rings is 1. The number of nitrogens with one attached hydrogen (secondary N) is 1. The largest absolute Gasteiger partial charge is 0.481 e. The number of halogens is 1. The average molecular weight is 554 g/mol. The molecule has 10 heteroatoms. The molecule has 0 aliphatic carbocycles. The quantitative estimate of drug-likeness (QED) is 0.167. The second kappa shape index (κ2) is 11.9. The van der Waals surface area contributed by atoms with Crippen molar-refractivity contribution in [2.45, 2.75) is 45.5 Å². The van der Waals surface area contributed by atoms with E-state index in [-0.39, 0.29) is 11.7 Å². The Morgan fingerprint density at radius 1 is 1.22 bits per heavy atom. The first-order valence-electron chi connectivity index (χ1n) is 11.7. The molecular weight excluding hydrogens is 526 g/mol. The second-order valence-corrected chi connectivity index (χ2v) is 10.8. The topological polar surface area (TPSA) is 81.9 Å². The number of benzene rings is 2. The number of rotatable bonds is 10. The van der Waals surface area contributed by atoms with Gasteiger partial charge in [0.2, 0.25) is 5.91 Å². The van der Waals surface area contributed by atoms with Crippen LogP contribution in [0.2, 0.25) is 5.02 Å². The maximum Gasteiger partial charge on any atom is 0.236 e. The van der Waals surface area contributed by atoms with Gasteiger partial charge in [0.15, 0.2) is 22.2 Å². The van der Waals surface area contributed by atoms with Crippen molar-refractivity contribution in [3.8, 4) is 17.0 Å². The minimum Gasteiger partial charge on any atom is -0.481 e. The van der Waals surface area contributed by atoms with Gasteiger partial charge in [-0.05, 0) is 62.6 Å². The molecule has 0 spiro atoms. The van der Waals surface area contributed by atoms with Crippen LogP contribution in [-0.2, 0) is 11.3 Å². The van der Waals surface area contributed by atoms with Crippen molar-refractivity contribution in [1.82, 2.24) is 19.7 Å². The lowest BCUT2D eigenvalue weighted by molar-refractivity contribution is -0.113. The van der Waals surface area contributed by atoms with Crippen LogP contribution in [0.4, 0.5) is 5.13 Å². The Balaban J connectivity index is 1.40. The molecule has 0 aliphatic heterocycles. The van der Waals surface area contributed by atoms with Crippen molar-refractivity contribution in [2.75, 3.05) is 11.1 Å². The molecule has 1 amide bonds. The molecule has 0 saturated heterocycles. The summed E-state index contributed by atoms with van der Waals surface area (Å²) in [7, 11) is 0. The fraction of sp³-hybridized carbons (Fsp3) is 0.259. The monoisotopic (exact) mass is 553 g/mol. The molecule has 2 aromatic heterocycles. The highest BCUT2D eigenvalue weighted by molar-refractivity contribution is 7.99. The van der Waals surface area contributed by atoms with Gasteiger partial charge >= 0.3 is 0 Å². The zero-order chi connectivity index (χ0) is 26.5. The van der Waals surface area contributed by atoms with E-state index < -0.39 is 6.10 Å². The van der Waals surface area contributed by atoms with Crippen LogP contribution < -0.4 is 10.1 Å². The molecule has 1 atom stereocenters. The number of thioether (sulfide) groups is 1. The third-order valence-corrected chi connectivity index (χ3v) is 7.73. The van der Waals surface area contributed by atoms with Gasteiger partial charge in [-0.15, -0.1) is 28.1 Å². The number of amides is 1. The molecule has 1 N–H and O–H groups in total. The average Bonchev–Trinajstić information content (AvgIpc) is 3.49. The Kier molecular flexibility index (Phi) is 8.68. The summed E-state index contributed by atoms with van der Waals surface area (Å²) in [5, 5.41) is 15.1. The van der Waals surface area contributed by atoms with Crippen LogP contribution in [0.5, 0.6) is 5.75 Å². The molecule has 4 rings (SSSR count). The Bertz CT molecular complexity index is 1430. The lowest BCUT2D eigenvalue weighted by Crippen LogP contribution is -2.15. The lowest BCUT2D eigenvalue weighted by Gasteiger charge is -2.17. The van der Waals surface area contributed by atoms with Crippen LogP contribution >= 0.6 is 34.7 Å². The second-order valence-electron chi connectivity index (χ2n) is 8.61. The maximum atomic E-state index is 12.7. The van der Waals surface area contributed by atoms with E-state index in [0.29, 0.717) is 33.4 Å². The zero-order valence-electron chi connectivity index (χ0n) is 21.1. The number of carbonyl (C=O) groups is 1. The Morgan fingerprint density at radius 2 is 2.03 bits per heavy atom. The number of allylic oxidation sites excluding steroid dienone is 1. The standard InChI is InChI=1S/C27H28ClN5O2S2/c1-6-11-33-25(19(5)35-23-12-16(2)7-10-21(23)28)31-32-27(33)37-15-24(34)30-26-29-22(14-36-26)20-9-8-17(3)18(4)13-20/h6-10,12-14,19H,1,11,15H2,2-5H3,(H,29,30,34). The van der Waals surface area contributed by atoms with E-state index in [4.69, 9.17) is 16.3 Å². The Labute approximate surface area is 230 Å². The molecule has 0 fully saturated rings. The molecule has 37 heavy (non-hydrogen) atoms. The molecule has 0 radical (unpaired) electrons. The van der Waals surface area contributed by atoms with E-state index in [1.165, 1.54) is 34.2 Å². The van der Waals surface area contributed by atoms with Gasteiger partial charge in [0.1, 0.15) is 5.75 Å². The zero-order valence-corrected chi connectivity index (χ0v) is 23.5. The van der Waals surface area contributed by atoms with E-state index in [0.717, 1.165) is 16.8 Å². The van der Waals surface area contributed by atoms with Gasteiger partial charge < -0.3 is 10.1 Å². The summed E-state index contributed by atoms with van der Waals surface area (Å²) in [6.07, 6.45) is 1.35. The third kappa shape index (κ3) is 6.60. The Morgan fingerprint density at radius 3 is 2.78 bits per heavy atom. The number of aromatic nitrogens is 4. The number of aryl methyl sites for hydroxylation is 3. The highest BCUT2D eigenvalue weighted by Gasteiger charge is 2.21. The SMILES string of the molecule is C=CCn1c(SCC(=O)Nc2nc(-c3ccc(C)c(C)c3)cs2)nnc1C(C)Oc1cc(C)ccc1Cl. The molecule has 2 aromatic carbocycles. The van der Waals surface area contributed by atoms with Gasteiger partial charge in [-0.2, -0.15) is 0 Å². The van der Waals surface area contributed by atoms with Crippen LogP contribution in [-0.4, -0.2) is 31.4 Å². The molecule has 0 bridgehead atoms. The molecule has 0 aliphatic rings. The van der Waals surface area contributed by atoms with Crippen LogP contribution in [0.3, 0.4) is 0 Å². The molecule has 2 heterocycles. The van der Waals surface area contributed by atoms with Crippen LogP contribution in [0.15, 0.2) is 59.6 Å². The van der Waals surface area contributed by atoms with Crippen LogP contribution in [0, 0.1) is 20.8 Å². The normalized spacial score (nSPS) is 11.8. The van der Waals surface area contributed by atoms with Crippen molar-refractivity contribution in [3.05, 3.63) is 82.0 Å². The summed E-state index contributed by atoms with van der Waals surface area (Å²) in [5.74, 6) is 1.20. The number of hydrogen-bond acceptors (Lipinski definition) is 7. The first-order valence-corrected chi connectivity index (χ1v) is 13.9. The minimum absolute atomic E-state index is 0.159. The highest BCUT2D eigenvalue weighted by Crippen LogP contribution is 2.31. The van der Waals surface area contributed by atoms with E-state index in [9.17, 15) is 4.79 Å². The first kappa shape index (κ1) is 26.9. The summed E-state index contributed by atoms with van der Waals surface area (Å²) < 4.78 is 7.97. The number of anilines is 1. The fourth-order valence-corrected chi connectivity index (χ4v) is 5.25. The lowest BCUT2D eigenvalue weighted by atomic mass is 10.1. The van der Waals surface area contributed by atoms with Crippen LogP contribution in [0.1, 0.15) is 35.5 Å². The van der Waals surface area contributed by atoms with E-state index >= 15 is 0 Å². The highest BCUT2D eigenvalue weighted by atomic mass is 35.5. The smallest absolute Gasteiger partial charge is 0.236 e. The van der Waals surface area contributed by atoms with E-state index in [1.807, 2.05) is 42.0 Å². The summed E-state index contributed by atoms with van der Waals surface area (Å²) in [6, 6.07) is 11.8.